The van der Waals surface area contributed by atoms with E-state index in [4.69, 9.17) is 5.73 Å². The fourth-order valence-electron chi connectivity index (χ4n) is 1.61. The van der Waals surface area contributed by atoms with E-state index in [-0.39, 0.29) is 35.7 Å². The Balaban J connectivity index is 2.55. The first kappa shape index (κ1) is 17.4. The van der Waals surface area contributed by atoms with Crippen molar-refractivity contribution in [1.82, 2.24) is 10.6 Å². The van der Waals surface area contributed by atoms with Gasteiger partial charge in [0.25, 0.3) is 5.91 Å². The minimum absolute atomic E-state index is 0.103. The third kappa shape index (κ3) is 5.71. The Morgan fingerprint density at radius 1 is 1.33 bits per heavy atom. The number of nitrogen functional groups attached to an aromatic ring is 1. The second kappa shape index (κ2) is 6.89. The molecular formula is C14H19BrFN3O2. The molecule has 0 atom stereocenters. The van der Waals surface area contributed by atoms with Crippen LogP contribution in [0.15, 0.2) is 16.6 Å². The quantitative estimate of drug-likeness (QED) is 0.720. The van der Waals surface area contributed by atoms with Crippen LogP contribution in [0.25, 0.3) is 0 Å². The molecule has 0 bridgehead atoms. The van der Waals surface area contributed by atoms with Crippen LogP contribution in [0.5, 0.6) is 0 Å². The van der Waals surface area contributed by atoms with Crippen LogP contribution in [0.2, 0.25) is 0 Å². The van der Waals surface area contributed by atoms with Crippen LogP contribution in [-0.4, -0.2) is 23.9 Å². The highest BCUT2D eigenvalue weighted by molar-refractivity contribution is 9.10. The topological polar surface area (TPSA) is 84.2 Å². The molecule has 0 spiro atoms. The zero-order valence-electron chi connectivity index (χ0n) is 12.2. The van der Waals surface area contributed by atoms with Crippen LogP contribution in [0, 0.1) is 5.82 Å². The average Bonchev–Trinajstić information content (AvgIpc) is 2.31. The van der Waals surface area contributed by atoms with Crippen molar-refractivity contribution in [3.63, 3.8) is 0 Å². The van der Waals surface area contributed by atoms with Crippen molar-refractivity contribution in [2.75, 3.05) is 12.3 Å². The summed E-state index contributed by atoms with van der Waals surface area (Å²) >= 11 is 3.11. The normalized spacial score (nSPS) is 11.1. The molecule has 0 aromatic heterocycles. The van der Waals surface area contributed by atoms with Crippen molar-refractivity contribution in [3.05, 3.63) is 28.0 Å². The van der Waals surface area contributed by atoms with Crippen molar-refractivity contribution in [2.45, 2.75) is 32.7 Å². The van der Waals surface area contributed by atoms with Crippen LogP contribution in [0.3, 0.4) is 0 Å². The lowest BCUT2D eigenvalue weighted by Crippen LogP contribution is -2.42. The fraction of sp³-hybridized carbons (Fsp3) is 0.429. The van der Waals surface area contributed by atoms with Gasteiger partial charge in [-0.3, -0.25) is 9.59 Å². The molecule has 0 unspecified atom stereocenters. The highest BCUT2D eigenvalue weighted by Gasteiger charge is 2.15. The first-order chi connectivity index (χ1) is 9.60. The Hall–Kier alpha value is -1.63. The molecule has 5 nitrogen and oxygen atoms in total. The first-order valence-electron chi connectivity index (χ1n) is 6.44. The van der Waals surface area contributed by atoms with Crippen molar-refractivity contribution in [1.29, 1.82) is 0 Å². The van der Waals surface area contributed by atoms with E-state index in [9.17, 15) is 14.0 Å². The molecule has 0 saturated heterocycles. The van der Waals surface area contributed by atoms with Crippen LogP contribution >= 0.6 is 15.9 Å². The Kier molecular flexibility index (Phi) is 5.71. The predicted molar refractivity (Wildman–Crippen MR) is 83.4 cm³/mol. The van der Waals surface area contributed by atoms with Gasteiger partial charge in [0.2, 0.25) is 5.91 Å². The number of carbonyl (C=O) groups excluding carboxylic acids is 2. The molecular weight excluding hydrogens is 341 g/mol. The van der Waals surface area contributed by atoms with Crippen LogP contribution < -0.4 is 16.4 Å². The number of hydrogen-bond donors (Lipinski definition) is 3. The summed E-state index contributed by atoms with van der Waals surface area (Å²) in [7, 11) is 0. The molecule has 0 radical (unpaired) electrons. The monoisotopic (exact) mass is 359 g/mol. The maximum Gasteiger partial charge on any atom is 0.252 e. The number of hydrogen-bond acceptors (Lipinski definition) is 3. The molecule has 0 aliphatic carbocycles. The second-order valence-corrected chi connectivity index (χ2v) is 6.51. The Labute approximate surface area is 131 Å². The van der Waals surface area contributed by atoms with E-state index >= 15 is 0 Å². The zero-order chi connectivity index (χ0) is 16.2. The molecule has 0 heterocycles. The number of halogens is 2. The molecule has 21 heavy (non-hydrogen) atoms. The zero-order valence-corrected chi connectivity index (χ0v) is 13.8. The Bertz CT molecular complexity index is 556. The van der Waals surface area contributed by atoms with Gasteiger partial charge in [0.15, 0.2) is 0 Å². The van der Waals surface area contributed by atoms with Crippen molar-refractivity contribution in [3.8, 4) is 0 Å². The van der Waals surface area contributed by atoms with Crippen molar-refractivity contribution < 1.29 is 14.0 Å². The predicted octanol–water partition coefficient (Wildman–Crippen LogP) is 2.21. The van der Waals surface area contributed by atoms with Gasteiger partial charge in [-0.1, -0.05) is 0 Å². The Morgan fingerprint density at radius 2 is 1.95 bits per heavy atom. The van der Waals surface area contributed by atoms with Gasteiger partial charge in [-0.2, -0.15) is 0 Å². The van der Waals surface area contributed by atoms with E-state index in [1.54, 1.807) is 0 Å². The van der Waals surface area contributed by atoms with E-state index in [1.165, 1.54) is 6.07 Å². The molecule has 7 heteroatoms. The number of rotatable bonds is 4. The van der Waals surface area contributed by atoms with Crippen LogP contribution in [-0.2, 0) is 4.79 Å². The summed E-state index contributed by atoms with van der Waals surface area (Å²) < 4.78 is 13.5. The highest BCUT2D eigenvalue weighted by Crippen LogP contribution is 2.22. The lowest BCUT2D eigenvalue weighted by atomic mass is 10.1. The van der Waals surface area contributed by atoms with E-state index in [2.05, 4.69) is 26.6 Å². The molecule has 4 N–H and O–H groups in total. The van der Waals surface area contributed by atoms with Gasteiger partial charge >= 0.3 is 0 Å². The standard InChI is InChI=1S/C14H19BrFN3O2/c1-14(2,3)19-12(20)4-5-18-13(21)8-6-11(17)10(16)7-9(8)15/h6-7H,4-5,17H2,1-3H3,(H,18,21)(H,19,20). The van der Waals surface area contributed by atoms with Gasteiger partial charge in [-0.15, -0.1) is 0 Å². The molecule has 0 aliphatic rings. The summed E-state index contributed by atoms with van der Waals surface area (Å²) in [6.07, 6.45) is 0.164. The summed E-state index contributed by atoms with van der Waals surface area (Å²) in [4.78, 5) is 23.5. The van der Waals surface area contributed by atoms with E-state index < -0.39 is 11.7 Å². The molecule has 0 fully saturated rings. The highest BCUT2D eigenvalue weighted by atomic mass is 79.9. The third-order valence-electron chi connectivity index (χ3n) is 2.48. The van der Waals surface area contributed by atoms with Gasteiger partial charge in [-0.25, -0.2) is 4.39 Å². The minimum Gasteiger partial charge on any atom is -0.396 e. The van der Waals surface area contributed by atoms with Gasteiger partial charge in [0, 0.05) is 23.0 Å². The molecule has 1 rings (SSSR count). The Morgan fingerprint density at radius 3 is 2.52 bits per heavy atom. The van der Waals surface area contributed by atoms with Crippen molar-refractivity contribution in [2.24, 2.45) is 0 Å². The lowest BCUT2D eigenvalue weighted by molar-refractivity contribution is -0.122. The number of nitrogens with two attached hydrogens (primary N) is 1. The van der Waals surface area contributed by atoms with Gasteiger partial charge in [0.1, 0.15) is 5.82 Å². The summed E-state index contributed by atoms with van der Waals surface area (Å²) in [5.41, 5.74) is 5.25. The van der Waals surface area contributed by atoms with Crippen molar-refractivity contribution >= 4 is 33.4 Å². The number of amides is 2. The van der Waals surface area contributed by atoms with Gasteiger partial charge in [-0.05, 0) is 48.8 Å². The number of benzene rings is 1. The largest absolute Gasteiger partial charge is 0.396 e. The van der Waals surface area contributed by atoms with Crippen LogP contribution in [0.4, 0.5) is 10.1 Å². The number of nitrogens with one attached hydrogen (secondary N) is 2. The maximum absolute atomic E-state index is 13.2. The first-order valence-corrected chi connectivity index (χ1v) is 7.23. The van der Waals surface area contributed by atoms with Gasteiger partial charge < -0.3 is 16.4 Å². The summed E-state index contributed by atoms with van der Waals surface area (Å²) in [5, 5.41) is 5.39. The van der Waals surface area contributed by atoms with Crippen LogP contribution in [0.1, 0.15) is 37.6 Å². The maximum atomic E-state index is 13.2. The molecule has 1 aromatic carbocycles. The molecule has 0 saturated carbocycles. The fourth-order valence-corrected chi connectivity index (χ4v) is 2.10. The van der Waals surface area contributed by atoms with E-state index in [1.807, 2.05) is 20.8 Å². The van der Waals surface area contributed by atoms with E-state index in [0.717, 1.165) is 6.07 Å². The third-order valence-corrected chi connectivity index (χ3v) is 3.14. The molecule has 116 valence electrons. The molecule has 1 aromatic rings. The number of anilines is 1. The second-order valence-electron chi connectivity index (χ2n) is 5.66. The smallest absolute Gasteiger partial charge is 0.252 e. The summed E-state index contributed by atoms with van der Waals surface area (Å²) in [6.45, 7) is 5.82. The SMILES string of the molecule is CC(C)(C)NC(=O)CCNC(=O)c1cc(N)c(F)cc1Br. The molecule has 0 aliphatic heterocycles. The van der Waals surface area contributed by atoms with E-state index in [0.29, 0.717) is 4.47 Å². The average molecular weight is 360 g/mol. The minimum atomic E-state index is -0.594. The molecule has 2 amide bonds. The summed E-state index contributed by atoms with van der Waals surface area (Å²) in [5.74, 6) is -1.17. The number of carbonyl (C=O) groups is 2. The summed E-state index contributed by atoms with van der Waals surface area (Å²) in [6, 6.07) is 2.39. The van der Waals surface area contributed by atoms with Gasteiger partial charge in [0.05, 0.1) is 11.3 Å². The lowest BCUT2D eigenvalue weighted by Gasteiger charge is -2.20.